The fraction of sp³-hybridized carbons (Fsp3) is 0.500. The van der Waals surface area contributed by atoms with E-state index in [1.165, 1.54) is 30.9 Å². The number of carbonyl (C=O) groups excluding carboxylic acids is 1. The second kappa shape index (κ2) is 8.46. The van der Waals surface area contributed by atoms with Gasteiger partial charge in [-0.25, -0.2) is 4.39 Å². The lowest BCUT2D eigenvalue weighted by molar-refractivity contribution is 0.0757. The summed E-state index contributed by atoms with van der Waals surface area (Å²) in [4.78, 5) is 21.1. The second-order valence-electron chi connectivity index (χ2n) is 7.06. The number of halogens is 3. The lowest BCUT2D eigenvalue weighted by Gasteiger charge is -2.45. The molecule has 0 radical (unpaired) electrons. The SMILES string of the molecule is Cl.Cl.NC1CC2CCCC(C1)C2NC(=O)c1cc(F)cc2nccnc12. The maximum absolute atomic E-state index is 13.9. The number of benzene rings is 1. The standard InChI is InChI=1S/C18H21FN4O.2ClH/c19-12-8-14(17-15(9-12)21-4-5-22-17)18(24)23-16-10-2-1-3-11(16)7-13(20)6-10;;/h4-5,8-11,13,16H,1-3,6-7,20H2,(H,23,24);2*1H. The number of hydrogen-bond donors (Lipinski definition) is 2. The fourth-order valence-corrected chi connectivity index (χ4v) is 4.47. The molecule has 0 spiro atoms. The maximum Gasteiger partial charge on any atom is 0.253 e. The molecule has 1 aromatic heterocycles. The summed E-state index contributed by atoms with van der Waals surface area (Å²) >= 11 is 0. The van der Waals surface area contributed by atoms with Crippen LogP contribution in [0.5, 0.6) is 0 Å². The number of hydrogen-bond acceptors (Lipinski definition) is 4. The van der Waals surface area contributed by atoms with E-state index in [1.54, 1.807) is 0 Å². The second-order valence-corrected chi connectivity index (χ2v) is 7.06. The molecule has 2 saturated carbocycles. The lowest BCUT2D eigenvalue weighted by atomic mass is 9.67. The van der Waals surface area contributed by atoms with Gasteiger partial charge < -0.3 is 11.1 Å². The van der Waals surface area contributed by atoms with Crippen molar-refractivity contribution in [1.82, 2.24) is 15.3 Å². The van der Waals surface area contributed by atoms with E-state index >= 15 is 0 Å². The summed E-state index contributed by atoms with van der Waals surface area (Å²) in [6.45, 7) is 0. The average molecular weight is 401 g/mol. The van der Waals surface area contributed by atoms with E-state index in [1.807, 2.05) is 0 Å². The number of fused-ring (bicyclic) bond motifs is 3. The highest BCUT2D eigenvalue weighted by Gasteiger charge is 2.40. The van der Waals surface area contributed by atoms with Gasteiger partial charge in [0.05, 0.1) is 11.1 Å². The Morgan fingerprint density at radius 2 is 1.77 bits per heavy atom. The van der Waals surface area contributed by atoms with E-state index in [0.717, 1.165) is 25.7 Å². The molecule has 8 heteroatoms. The molecule has 2 aliphatic carbocycles. The minimum atomic E-state index is -0.473. The Labute approximate surface area is 164 Å². The molecule has 0 saturated heterocycles. The normalized spacial score (nSPS) is 27.2. The molecule has 2 atom stereocenters. The first kappa shape index (κ1) is 20.8. The van der Waals surface area contributed by atoms with Crippen molar-refractivity contribution >= 4 is 41.8 Å². The van der Waals surface area contributed by atoms with Gasteiger partial charge in [0, 0.05) is 30.5 Å². The Bertz CT molecular complexity index is 777. The zero-order valence-electron chi connectivity index (χ0n) is 14.2. The summed E-state index contributed by atoms with van der Waals surface area (Å²) in [5, 5.41) is 3.15. The molecule has 2 fully saturated rings. The first-order valence-electron chi connectivity index (χ1n) is 8.58. The third kappa shape index (κ3) is 3.92. The van der Waals surface area contributed by atoms with Gasteiger partial charge in [-0.1, -0.05) is 6.42 Å². The number of nitrogens with two attached hydrogens (primary N) is 1. The lowest BCUT2D eigenvalue weighted by Crippen LogP contribution is -2.53. The van der Waals surface area contributed by atoms with Crippen molar-refractivity contribution in [2.24, 2.45) is 17.6 Å². The first-order valence-corrected chi connectivity index (χ1v) is 8.58. The van der Waals surface area contributed by atoms with Crippen molar-refractivity contribution in [3.63, 3.8) is 0 Å². The first-order chi connectivity index (χ1) is 11.6. The minimum Gasteiger partial charge on any atom is -0.349 e. The topological polar surface area (TPSA) is 80.9 Å². The predicted octanol–water partition coefficient (Wildman–Crippen LogP) is 3.25. The van der Waals surface area contributed by atoms with Crippen LogP contribution in [0.4, 0.5) is 4.39 Å². The van der Waals surface area contributed by atoms with Crippen LogP contribution < -0.4 is 11.1 Å². The Kier molecular flexibility index (Phi) is 6.77. The van der Waals surface area contributed by atoms with E-state index in [9.17, 15) is 9.18 Å². The number of nitrogens with one attached hydrogen (secondary N) is 1. The molecule has 5 nitrogen and oxygen atoms in total. The quantitative estimate of drug-likeness (QED) is 0.810. The molecule has 26 heavy (non-hydrogen) atoms. The van der Waals surface area contributed by atoms with Crippen molar-refractivity contribution in [3.8, 4) is 0 Å². The summed E-state index contributed by atoms with van der Waals surface area (Å²) < 4.78 is 13.9. The number of carbonyl (C=O) groups is 1. The highest BCUT2D eigenvalue weighted by atomic mass is 35.5. The van der Waals surface area contributed by atoms with Gasteiger partial charge in [-0.15, -0.1) is 24.8 Å². The van der Waals surface area contributed by atoms with Crippen LogP contribution in [0.1, 0.15) is 42.5 Å². The minimum absolute atomic E-state index is 0. The summed E-state index contributed by atoms with van der Waals surface area (Å²) in [6.07, 6.45) is 8.30. The Hall–Kier alpha value is -1.50. The molecule has 2 aromatic rings. The van der Waals surface area contributed by atoms with Gasteiger partial charge in [-0.2, -0.15) is 0 Å². The van der Waals surface area contributed by atoms with Gasteiger partial charge in [0.15, 0.2) is 0 Å². The van der Waals surface area contributed by atoms with Crippen LogP contribution in [0.2, 0.25) is 0 Å². The molecular formula is C18H23Cl2FN4O. The van der Waals surface area contributed by atoms with Crippen LogP contribution in [0.25, 0.3) is 11.0 Å². The summed E-state index contributed by atoms with van der Waals surface area (Å²) in [5.41, 5.74) is 7.23. The van der Waals surface area contributed by atoms with Gasteiger partial charge >= 0.3 is 0 Å². The molecule has 142 valence electrons. The van der Waals surface area contributed by atoms with Crippen LogP contribution >= 0.6 is 24.8 Å². The highest BCUT2D eigenvalue weighted by Crippen LogP contribution is 2.39. The van der Waals surface area contributed by atoms with Crippen LogP contribution in [-0.2, 0) is 0 Å². The van der Waals surface area contributed by atoms with E-state index in [4.69, 9.17) is 5.73 Å². The molecule has 2 bridgehead atoms. The third-order valence-corrected chi connectivity index (χ3v) is 5.46. The summed E-state index contributed by atoms with van der Waals surface area (Å²) in [6, 6.07) is 2.90. The molecule has 2 unspecified atom stereocenters. The molecule has 3 N–H and O–H groups in total. The Morgan fingerprint density at radius 1 is 1.12 bits per heavy atom. The van der Waals surface area contributed by atoms with Gasteiger partial charge in [-0.3, -0.25) is 14.8 Å². The largest absolute Gasteiger partial charge is 0.349 e. The van der Waals surface area contributed by atoms with Crippen molar-refractivity contribution in [2.75, 3.05) is 0 Å². The summed E-state index contributed by atoms with van der Waals surface area (Å²) in [5.74, 6) is 0.0982. The van der Waals surface area contributed by atoms with Crippen molar-refractivity contribution in [3.05, 3.63) is 35.9 Å². The van der Waals surface area contributed by atoms with Crippen molar-refractivity contribution in [1.29, 1.82) is 0 Å². The predicted molar refractivity (Wildman–Crippen MR) is 103 cm³/mol. The van der Waals surface area contributed by atoms with Crippen molar-refractivity contribution in [2.45, 2.75) is 44.2 Å². The van der Waals surface area contributed by atoms with Crippen molar-refractivity contribution < 1.29 is 9.18 Å². The number of amides is 1. The molecular weight excluding hydrogens is 378 g/mol. The van der Waals surface area contributed by atoms with E-state index in [-0.39, 0.29) is 48.4 Å². The smallest absolute Gasteiger partial charge is 0.253 e. The van der Waals surface area contributed by atoms with Gasteiger partial charge in [0.1, 0.15) is 11.3 Å². The van der Waals surface area contributed by atoms with Crippen LogP contribution in [0.3, 0.4) is 0 Å². The maximum atomic E-state index is 13.9. The zero-order valence-corrected chi connectivity index (χ0v) is 15.9. The summed E-state index contributed by atoms with van der Waals surface area (Å²) in [7, 11) is 0. The average Bonchev–Trinajstić information content (AvgIpc) is 2.54. The Morgan fingerprint density at radius 3 is 2.46 bits per heavy atom. The fourth-order valence-electron chi connectivity index (χ4n) is 4.47. The highest BCUT2D eigenvalue weighted by molar-refractivity contribution is 6.04. The number of aromatic nitrogens is 2. The molecule has 1 aromatic carbocycles. The van der Waals surface area contributed by atoms with E-state index < -0.39 is 5.82 Å². The van der Waals surface area contributed by atoms with E-state index in [2.05, 4.69) is 15.3 Å². The molecule has 4 rings (SSSR count). The zero-order chi connectivity index (χ0) is 16.7. The van der Waals surface area contributed by atoms with E-state index in [0.29, 0.717) is 22.9 Å². The Balaban J connectivity index is 0.00000121. The van der Waals surface area contributed by atoms with Crippen LogP contribution in [0.15, 0.2) is 24.5 Å². The van der Waals surface area contributed by atoms with Crippen LogP contribution in [0, 0.1) is 17.7 Å². The molecule has 2 aliphatic rings. The molecule has 1 heterocycles. The van der Waals surface area contributed by atoms with Crippen LogP contribution in [-0.4, -0.2) is 28.0 Å². The van der Waals surface area contributed by atoms with Gasteiger partial charge in [-0.05, 0) is 43.6 Å². The third-order valence-electron chi connectivity index (χ3n) is 5.46. The molecule has 1 amide bonds. The molecule has 0 aliphatic heterocycles. The van der Waals surface area contributed by atoms with Gasteiger partial charge in [0.2, 0.25) is 0 Å². The van der Waals surface area contributed by atoms with Gasteiger partial charge in [0.25, 0.3) is 5.91 Å². The number of nitrogens with zero attached hydrogens (tertiary/aromatic N) is 2. The monoisotopic (exact) mass is 400 g/mol. The number of rotatable bonds is 2.